The van der Waals surface area contributed by atoms with Crippen molar-refractivity contribution in [2.45, 2.75) is 6.92 Å². The number of carbonyl (C=O) groups is 2. The standard InChI is InChI=1S/C11H12N2O4/c1-8(14)13-12-6-9-4-2-3-5-10(9)17-7-11(15)16/h2-6H,7H2,1H3,(H,13,14)(H,15,16)/b12-6-. The molecule has 90 valence electrons. The molecule has 1 aromatic rings. The molecule has 0 bridgehead atoms. The predicted molar refractivity (Wildman–Crippen MR) is 61.0 cm³/mol. The summed E-state index contributed by atoms with van der Waals surface area (Å²) in [5.74, 6) is -0.951. The number of carboxylic acid groups (broad SMARTS) is 1. The van der Waals surface area contributed by atoms with Crippen molar-refractivity contribution in [2.75, 3.05) is 6.61 Å². The van der Waals surface area contributed by atoms with Gasteiger partial charge in [0.05, 0.1) is 6.21 Å². The van der Waals surface area contributed by atoms with Gasteiger partial charge in [-0.05, 0) is 12.1 Å². The number of rotatable bonds is 5. The SMILES string of the molecule is CC(=O)N/N=C\c1ccccc1OCC(=O)O. The first-order chi connectivity index (χ1) is 8.09. The fraction of sp³-hybridized carbons (Fsp3) is 0.182. The largest absolute Gasteiger partial charge is 0.481 e. The summed E-state index contributed by atoms with van der Waals surface area (Å²) in [6, 6.07) is 6.79. The van der Waals surface area contributed by atoms with Gasteiger partial charge >= 0.3 is 5.97 Å². The van der Waals surface area contributed by atoms with Crippen molar-refractivity contribution in [3.63, 3.8) is 0 Å². The Morgan fingerprint density at radius 2 is 2.18 bits per heavy atom. The molecule has 0 radical (unpaired) electrons. The van der Waals surface area contributed by atoms with Gasteiger partial charge in [0.25, 0.3) is 0 Å². The van der Waals surface area contributed by atoms with Crippen molar-refractivity contribution in [2.24, 2.45) is 5.10 Å². The summed E-state index contributed by atoms with van der Waals surface area (Å²) in [6.45, 7) is 0.912. The lowest BCUT2D eigenvalue weighted by atomic mass is 10.2. The van der Waals surface area contributed by atoms with Crippen LogP contribution in [0.25, 0.3) is 0 Å². The fourth-order valence-electron chi connectivity index (χ4n) is 1.05. The van der Waals surface area contributed by atoms with E-state index in [0.717, 1.165) is 0 Å². The Bertz CT molecular complexity index is 443. The summed E-state index contributed by atoms with van der Waals surface area (Å²) < 4.78 is 5.05. The minimum Gasteiger partial charge on any atom is -0.481 e. The van der Waals surface area contributed by atoms with E-state index in [4.69, 9.17) is 9.84 Å². The van der Waals surface area contributed by atoms with E-state index in [2.05, 4.69) is 10.5 Å². The normalized spacial score (nSPS) is 10.2. The van der Waals surface area contributed by atoms with E-state index >= 15 is 0 Å². The first-order valence-electron chi connectivity index (χ1n) is 4.83. The van der Waals surface area contributed by atoms with Gasteiger partial charge in [0.2, 0.25) is 5.91 Å². The Morgan fingerprint density at radius 1 is 1.47 bits per heavy atom. The summed E-state index contributed by atoms with van der Waals surface area (Å²) in [4.78, 5) is 21.0. The van der Waals surface area contributed by atoms with Crippen LogP contribution in [0, 0.1) is 0 Å². The second kappa shape index (κ2) is 6.26. The molecule has 2 N–H and O–H groups in total. The molecule has 0 heterocycles. The number of hydrogen-bond donors (Lipinski definition) is 2. The van der Waals surface area contributed by atoms with Gasteiger partial charge in [-0.3, -0.25) is 4.79 Å². The third kappa shape index (κ3) is 4.78. The first-order valence-corrected chi connectivity index (χ1v) is 4.83. The van der Waals surface area contributed by atoms with Crippen molar-refractivity contribution in [1.82, 2.24) is 5.43 Å². The summed E-state index contributed by atoms with van der Waals surface area (Å²) >= 11 is 0. The van der Waals surface area contributed by atoms with Gasteiger partial charge in [-0.1, -0.05) is 12.1 Å². The summed E-state index contributed by atoms with van der Waals surface area (Å²) in [5, 5.41) is 12.2. The van der Waals surface area contributed by atoms with Crippen molar-refractivity contribution in [1.29, 1.82) is 0 Å². The maximum atomic E-state index is 10.6. The average molecular weight is 236 g/mol. The molecule has 0 aliphatic carbocycles. The number of para-hydroxylation sites is 1. The lowest BCUT2D eigenvalue weighted by Crippen LogP contribution is -2.13. The Hall–Kier alpha value is -2.37. The number of benzene rings is 1. The zero-order chi connectivity index (χ0) is 12.7. The van der Waals surface area contributed by atoms with E-state index < -0.39 is 12.6 Å². The van der Waals surface area contributed by atoms with E-state index in [-0.39, 0.29) is 5.91 Å². The van der Waals surface area contributed by atoms with Gasteiger partial charge in [-0.25, -0.2) is 10.2 Å². The van der Waals surface area contributed by atoms with Gasteiger partial charge in [0.1, 0.15) is 5.75 Å². The van der Waals surface area contributed by atoms with Crippen LogP contribution in [-0.4, -0.2) is 29.8 Å². The lowest BCUT2D eigenvalue weighted by molar-refractivity contribution is -0.139. The molecule has 1 rings (SSSR count). The number of ether oxygens (including phenoxy) is 1. The van der Waals surface area contributed by atoms with E-state index in [1.54, 1.807) is 24.3 Å². The average Bonchev–Trinajstić information content (AvgIpc) is 2.27. The monoisotopic (exact) mass is 236 g/mol. The number of carbonyl (C=O) groups excluding carboxylic acids is 1. The van der Waals surface area contributed by atoms with Crippen LogP contribution in [0.1, 0.15) is 12.5 Å². The molecular weight excluding hydrogens is 224 g/mol. The molecule has 0 saturated carbocycles. The molecular formula is C11H12N2O4. The fourth-order valence-corrected chi connectivity index (χ4v) is 1.05. The Morgan fingerprint density at radius 3 is 2.82 bits per heavy atom. The molecule has 0 atom stereocenters. The maximum absolute atomic E-state index is 10.6. The van der Waals surface area contributed by atoms with Gasteiger partial charge in [-0.15, -0.1) is 0 Å². The Balaban J connectivity index is 2.73. The predicted octanol–water partition coefficient (Wildman–Crippen LogP) is 0.620. The lowest BCUT2D eigenvalue weighted by Gasteiger charge is -2.05. The van der Waals surface area contributed by atoms with Crippen LogP contribution in [0.15, 0.2) is 29.4 Å². The van der Waals surface area contributed by atoms with Gasteiger partial charge in [0, 0.05) is 12.5 Å². The van der Waals surface area contributed by atoms with Gasteiger partial charge < -0.3 is 9.84 Å². The highest BCUT2D eigenvalue weighted by Crippen LogP contribution is 2.15. The molecule has 17 heavy (non-hydrogen) atoms. The highest BCUT2D eigenvalue weighted by atomic mass is 16.5. The van der Waals surface area contributed by atoms with Gasteiger partial charge in [-0.2, -0.15) is 5.10 Å². The highest BCUT2D eigenvalue weighted by Gasteiger charge is 2.03. The zero-order valence-corrected chi connectivity index (χ0v) is 9.21. The number of hydrazone groups is 1. The molecule has 0 aromatic heterocycles. The minimum absolute atomic E-state index is 0.287. The number of hydrogen-bond acceptors (Lipinski definition) is 4. The van der Waals surface area contributed by atoms with E-state index in [1.165, 1.54) is 13.1 Å². The van der Waals surface area contributed by atoms with Crippen molar-refractivity contribution in [3.05, 3.63) is 29.8 Å². The second-order valence-electron chi connectivity index (χ2n) is 3.15. The van der Waals surface area contributed by atoms with E-state index in [0.29, 0.717) is 11.3 Å². The van der Waals surface area contributed by atoms with Gasteiger partial charge in [0.15, 0.2) is 6.61 Å². The highest BCUT2D eigenvalue weighted by molar-refractivity contribution is 5.85. The van der Waals surface area contributed by atoms with Crippen molar-refractivity contribution >= 4 is 18.1 Å². The molecule has 6 heteroatoms. The zero-order valence-electron chi connectivity index (χ0n) is 9.21. The number of nitrogens with one attached hydrogen (secondary N) is 1. The molecule has 0 saturated heterocycles. The van der Waals surface area contributed by atoms with Crippen LogP contribution in [0.2, 0.25) is 0 Å². The summed E-state index contributed by atoms with van der Waals surface area (Å²) in [7, 11) is 0. The van der Waals surface area contributed by atoms with E-state index in [1.807, 2.05) is 0 Å². The summed E-state index contributed by atoms with van der Waals surface area (Å²) in [6.07, 6.45) is 1.39. The Labute approximate surface area is 97.9 Å². The maximum Gasteiger partial charge on any atom is 0.341 e. The van der Waals surface area contributed by atoms with Crippen LogP contribution in [0.5, 0.6) is 5.75 Å². The molecule has 1 aromatic carbocycles. The minimum atomic E-state index is -1.06. The van der Waals surface area contributed by atoms with Crippen LogP contribution >= 0.6 is 0 Å². The molecule has 0 aliphatic rings. The molecule has 0 unspecified atom stereocenters. The van der Waals surface area contributed by atoms with Crippen LogP contribution < -0.4 is 10.2 Å². The second-order valence-corrected chi connectivity index (χ2v) is 3.15. The molecule has 0 aliphatic heterocycles. The molecule has 6 nitrogen and oxygen atoms in total. The number of nitrogens with zero attached hydrogens (tertiary/aromatic N) is 1. The number of aliphatic carboxylic acids is 1. The van der Waals surface area contributed by atoms with Crippen molar-refractivity contribution in [3.8, 4) is 5.75 Å². The summed E-state index contributed by atoms with van der Waals surface area (Å²) in [5.41, 5.74) is 2.83. The number of carboxylic acids is 1. The first kappa shape index (κ1) is 12.7. The molecule has 0 spiro atoms. The van der Waals surface area contributed by atoms with Crippen molar-refractivity contribution < 1.29 is 19.4 Å². The molecule has 1 amide bonds. The third-order valence-corrected chi connectivity index (χ3v) is 1.70. The smallest absolute Gasteiger partial charge is 0.341 e. The van der Waals surface area contributed by atoms with Crippen LogP contribution in [-0.2, 0) is 9.59 Å². The Kier molecular flexibility index (Phi) is 4.68. The quantitative estimate of drug-likeness (QED) is 0.579. The third-order valence-electron chi connectivity index (χ3n) is 1.70. The topological polar surface area (TPSA) is 88.0 Å². The van der Waals surface area contributed by atoms with Crippen LogP contribution in [0.4, 0.5) is 0 Å². The molecule has 0 fully saturated rings. The van der Waals surface area contributed by atoms with E-state index in [9.17, 15) is 9.59 Å². The van der Waals surface area contributed by atoms with Crippen LogP contribution in [0.3, 0.4) is 0 Å². The number of amides is 1.